The Balaban J connectivity index is 2.81. The van der Waals surface area contributed by atoms with Crippen LogP contribution in [0.15, 0.2) is 22.7 Å². The van der Waals surface area contributed by atoms with E-state index in [9.17, 15) is 0 Å². The molecule has 0 amide bonds. The number of hydrogen-bond acceptors (Lipinski definition) is 3. The highest BCUT2D eigenvalue weighted by Crippen LogP contribution is 2.30. The third-order valence-electron chi connectivity index (χ3n) is 3.06. The minimum Gasteiger partial charge on any atom is -0.497 e. The second-order valence-corrected chi connectivity index (χ2v) is 5.38. The summed E-state index contributed by atoms with van der Waals surface area (Å²) in [7, 11) is 3.45. The molecule has 19 heavy (non-hydrogen) atoms. The highest BCUT2D eigenvalue weighted by atomic mass is 79.9. The first-order chi connectivity index (χ1) is 9.22. The summed E-state index contributed by atoms with van der Waals surface area (Å²) in [5.41, 5.74) is 1.25. The van der Waals surface area contributed by atoms with Gasteiger partial charge in [0.15, 0.2) is 0 Å². The van der Waals surface area contributed by atoms with Gasteiger partial charge >= 0.3 is 0 Å². The highest BCUT2D eigenvalue weighted by molar-refractivity contribution is 9.10. The number of benzene rings is 1. The Hall–Kier alpha value is -0.580. The van der Waals surface area contributed by atoms with Crippen molar-refractivity contribution in [1.29, 1.82) is 0 Å². The van der Waals surface area contributed by atoms with Gasteiger partial charge in [-0.15, -0.1) is 0 Å². The molecule has 0 fully saturated rings. The van der Waals surface area contributed by atoms with Gasteiger partial charge in [-0.1, -0.05) is 22.9 Å². The van der Waals surface area contributed by atoms with Crippen molar-refractivity contribution in [2.45, 2.75) is 32.2 Å². The second-order valence-electron chi connectivity index (χ2n) is 4.53. The summed E-state index contributed by atoms with van der Waals surface area (Å²) in [6, 6.07) is 6.45. The van der Waals surface area contributed by atoms with Gasteiger partial charge in [0.25, 0.3) is 0 Å². The van der Waals surface area contributed by atoms with Gasteiger partial charge in [0, 0.05) is 24.2 Å². The Morgan fingerprint density at radius 1 is 1.32 bits per heavy atom. The van der Waals surface area contributed by atoms with Gasteiger partial charge in [0.1, 0.15) is 5.75 Å². The Bertz CT molecular complexity index is 371. The van der Waals surface area contributed by atoms with Crippen LogP contribution < -0.4 is 10.1 Å². The Labute approximate surface area is 124 Å². The van der Waals surface area contributed by atoms with Crippen LogP contribution in [-0.4, -0.2) is 27.4 Å². The molecule has 1 N–H and O–H groups in total. The second kappa shape index (κ2) is 9.34. The summed E-state index contributed by atoms with van der Waals surface area (Å²) in [4.78, 5) is 0. The summed E-state index contributed by atoms with van der Waals surface area (Å²) < 4.78 is 11.6. The molecule has 0 saturated carbocycles. The van der Waals surface area contributed by atoms with Gasteiger partial charge in [0.05, 0.1) is 7.11 Å². The van der Waals surface area contributed by atoms with Gasteiger partial charge in [-0.25, -0.2) is 0 Å². The van der Waals surface area contributed by atoms with Crippen molar-refractivity contribution < 1.29 is 9.47 Å². The summed E-state index contributed by atoms with van der Waals surface area (Å²) in [5, 5.41) is 3.60. The van der Waals surface area contributed by atoms with Crippen LogP contribution >= 0.6 is 15.9 Å². The van der Waals surface area contributed by atoms with E-state index in [4.69, 9.17) is 9.47 Å². The zero-order valence-corrected chi connectivity index (χ0v) is 13.6. The van der Waals surface area contributed by atoms with Crippen molar-refractivity contribution in [2.75, 3.05) is 27.4 Å². The van der Waals surface area contributed by atoms with Crippen LogP contribution in [0.1, 0.15) is 37.8 Å². The minimum atomic E-state index is 0.333. The maximum atomic E-state index is 5.32. The molecule has 0 bridgehead atoms. The Morgan fingerprint density at radius 3 is 2.74 bits per heavy atom. The first kappa shape index (κ1) is 16.5. The number of rotatable bonds is 9. The van der Waals surface area contributed by atoms with E-state index in [1.54, 1.807) is 14.2 Å². The zero-order chi connectivity index (χ0) is 14.1. The molecular formula is C15H24BrNO2. The molecule has 108 valence electrons. The molecule has 4 heteroatoms. The fourth-order valence-corrected chi connectivity index (χ4v) is 2.56. The van der Waals surface area contributed by atoms with Crippen molar-refractivity contribution in [3.8, 4) is 5.75 Å². The van der Waals surface area contributed by atoms with Crippen LogP contribution in [0.3, 0.4) is 0 Å². The topological polar surface area (TPSA) is 30.5 Å². The molecule has 1 rings (SSSR count). The van der Waals surface area contributed by atoms with E-state index in [1.165, 1.54) is 5.56 Å². The van der Waals surface area contributed by atoms with Gasteiger partial charge in [-0.2, -0.15) is 0 Å². The highest BCUT2D eigenvalue weighted by Gasteiger charge is 2.14. The van der Waals surface area contributed by atoms with Crippen molar-refractivity contribution in [3.63, 3.8) is 0 Å². The molecule has 0 spiro atoms. The standard InChI is InChI=1S/C15H24BrNO2/c1-4-9-17-15(6-5-10-18-2)13-11-12(19-3)7-8-14(13)16/h7-8,11,15,17H,4-6,9-10H2,1-3H3. The number of nitrogens with one attached hydrogen (secondary N) is 1. The SMILES string of the molecule is CCCNC(CCCOC)c1cc(OC)ccc1Br. The van der Waals surface area contributed by atoms with E-state index in [0.717, 1.165) is 42.6 Å². The molecule has 0 aromatic heterocycles. The van der Waals surface area contributed by atoms with Gasteiger partial charge in [-0.05, 0) is 49.6 Å². The minimum absolute atomic E-state index is 0.333. The van der Waals surface area contributed by atoms with Crippen LogP contribution in [0, 0.1) is 0 Å². The molecule has 0 aliphatic carbocycles. The van der Waals surface area contributed by atoms with E-state index >= 15 is 0 Å². The maximum absolute atomic E-state index is 5.32. The molecule has 0 saturated heterocycles. The lowest BCUT2D eigenvalue weighted by Crippen LogP contribution is -2.23. The zero-order valence-electron chi connectivity index (χ0n) is 12.0. The fraction of sp³-hybridized carbons (Fsp3) is 0.600. The number of ether oxygens (including phenoxy) is 2. The lowest BCUT2D eigenvalue weighted by atomic mass is 10.0. The third kappa shape index (κ3) is 5.51. The fourth-order valence-electron chi connectivity index (χ4n) is 2.03. The molecular weight excluding hydrogens is 306 g/mol. The monoisotopic (exact) mass is 329 g/mol. The van der Waals surface area contributed by atoms with E-state index < -0.39 is 0 Å². The van der Waals surface area contributed by atoms with Gasteiger partial charge in [0.2, 0.25) is 0 Å². The third-order valence-corrected chi connectivity index (χ3v) is 3.78. The van der Waals surface area contributed by atoms with Crippen LogP contribution in [0.5, 0.6) is 5.75 Å². The van der Waals surface area contributed by atoms with Gasteiger partial charge in [-0.3, -0.25) is 0 Å². The quantitative estimate of drug-likeness (QED) is 0.696. The molecule has 0 aliphatic heterocycles. The van der Waals surface area contributed by atoms with Crippen LogP contribution in [0.2, 0.25) is 0 Å². The summed E-state index contributed by atoms with van der Waals surface area (Å²) >= 11 is 3.63. The summed E-state index contributed by atoms with van der Waals surface area (Å²) in [6.07, 6.45) is 3.23. The lowest BCUT2D eigenvalue weighted by molar-refractivity contribution is 0.188. The van der Waals surface area contributed by atoms with E-state index in [-0.39, 0.29) is 0 Å². The normalized spacial score (nSPS) is 12.4. The largest absolute Gasteiger partial charge is 0.497 e. The van der Waals surface area contributed by atoms with Crippen LogP contribution in [-0.2, 0) is 4.74 Å². The molecule has 3 nitrogen and oxygen atoms in total. The van der Waals surface area contributed by atoms with E-state index in [1.807, 2.05) is 12.1 Å². The molecule has 0 radical (unpaired) electrons. The van der Waals surface area contributed by atoms with Crippen LogP contribution in [0.25, 0.3) is 0 Å². The van der Waals surface area contributed by atoms with Crippen molar-refractivity contribution in [2.24, 2.45) is 0 Å². The van der Waals surface area contributed by atoms with E-state index in [2.05, 4.69) is 34.2 Å². The predicted octanol–water partition coefficient (Wildman–Crippen LogP) is 3.93. The average molecular weight is 330 g/mol. The summed E-state index contributed by atoms with van der Waals surface area (Å²) in [6.45, 7) is 3.99. The van der Waals surface area contributed by atoms with Gasteiger partial charge < -0.3 is 14.8 Å². The predicted molar refractivity (Wildman–Crippen MR) is 82.8 cm³/mol. The molecule has 1 atom stereocenters. The van der Waals surface area contributed by atoms with Crippen molar-refractivity contribution >= 4 is 15.9 Å². The van der Waals surface area contributed by atoms with Crippen LogP contribution in [0.4, 0.5) is 0 Å². The number of hydrogen-bond donors (Lipinski definition) is 1. The average Bonchev–Trinajstić information content (AvgIpc) is 2.43. The van der Waals surface area contributed by atoms with Crippen molar-refractivity contribution in [3.05, 3.63) is 28.2 Å². The lowest BCUT2D eigenvalue weighted by Gasteiger charge is -2.21. The van der Waals surface area contributed by atoms with E-state index in [0.29, 0.717) is 6.04 Å². The molecule has 1 unspecified atom stereocenters. The molecule has 1 aromatic rings. The van der Waals surface area contributed by atoms with Crippen molar-refractivity contribution in [1.82, 2.24) is 5.32 Å². The number of methoxy groups -OCH3 is 2. The first-order valence-electron chi connectivity index (χ1n) is 6.78. The number of halogens is 1. The Kier molecular flexibility index (Phi) is 8.10. The molecule has 1 aromatic carbocycles. The smallest absolute Gasteiger partial charge is 0.119 e. The maximum Gasteiger partial charge on any atom is 0.119 e. The molecule has 0 aliphatic rings. The Morgan fingerprint density at radius 2 is 2.11 bits per heavy atom. The summed E-state index contributed by atoms with van der Waals surface area (Å²) in [5.74, 6) is 0.897. The molecule has 0 heterocycles. The first-order valence-corrected chi connectivity index (χ1v) is 7.58.